The number of amides is 1. The van der Waals surface area contributed by atoms with Gasteiger partial charge in [0.2, 0.25) is 0 Å². The normalized spacial score (nSPS) is 12.9. The van der Waals surface area contributed by atoms with Gasteiger partial charge in [-0.3, -0.25) is 4.79 Å². The quantitative estimate of drug-likeness (QED) is 0.896. The number of thiazole rings is 1. The van der Waals surface area contributed by atoms with Gasteiger partial charge in [0, 0.05) is 12.6 Å². The van der Waals surface area contributed by atoms with E-state index in [1.54, 1.807) is 11.8 Å². The molecule has 5 heteroatoms. The third kappa shape index (κ3) is 3.51. The van der Waals surface area contributed by atoms with Crippen molar-refractivity contribution in [3.05, 3.63) is 15.6 Å². The maximum atomic E-state index is 12.3. The largest absolute Gasteiger partial charge is 0.392 e. The van der Waals surface area contributed by atoms with Gasteiger partial charge in [-0.2, -0.15) is 0 Å². The van der Waals surface area contributed by atoms with Crippen LogP contribution in [0.3, 0.4) is 0 Å². The van der Waals surface area contributed by atoms with Crippen molar-refractivity contribution in [2.45, 2.75) is 46.8 Å². The van der Waals surface area contributed by atoms with Gasteiger partial charge < -0.3 is 10.0 Å². The standard InChI is InChI=1S/C12H20N2O2S/c1-7(2)14(6-8(3)15)12(16)11-9(4)13-10(5)17-11/h7-8,15H,6H2,1-5H3. The predicted molar refractivity (Wildman–Crippen MR) is 69.4 cm³/mol. The number of carbonyl (C=O) groups excluding carboxylic acids is 1. The number of aromatic nitrogens is 1. The molecule has 1 heterocycles. The van der Waals surface area contributed by atoms with Crippen LogP contribution in [0.1, 0.15) is 41.1 Å². The summed E-state index contributed by atoms with van der Waals surface area (Å²) < 4.78 is 0. The van der Waals surface area contributed by atoms with E-state index in [-0.39, 0.29) is 11.9 Å². The van der Waals surface area contributed by atoms with E-state index in [4.69, 9.17) is 0 Å². The number of hydrogen-bond acceptors (Lipinski definition) is 4. The highest BCUT2D eigenvalue weighted by Crippen LogP contribution is 2.20. The highest BCUT2D eigenvalue weighted by atomic mass is 32.1. The minimum atomic E-state index is -0.518. The smallest absolute Gasteiger partial charge is 0.266 e. The van der Waals surface area contributed by atoms with Gasteiger partial charge in [0.25, 0.3) is 5.91 Å². The fraction of sp³-hybridized carbons (Fsp3) is 0.667. The second-order valence-electron chi connectivity index (χ2n) is 4.55. The highest BCUT2D eigenvalue weighted by Gasteiger charge is 2.23. The van der Waals surface area contributed by atoms with Crippen LogP contribution in [0.15, 0.2) is 0 Å². The lowest BCUT2D eigenvalue weighted by molar-refractivity contribution is 0.0582. The fourth-order valence-electron chi connectivity index (χ4n) is 1.67. The second-order valence-corrected chi connectivity index (χ2v) is 5.75. The molecule has 4 nitrogen and oxygen atoms in total. The lowest BCUT2D eigenvalue weighted by atomic mass is 10.2. The number of nitrogens with zero attached hydrogens (tertiary/aromatic N) is 2. The molecule has 0 spiro atoms. The summed E-state index contributed by atoms with van der Waals surface area (Å²) in [4.78, 5) is 19.0. The topological polar surface area (TPSA) is 53.4 Å². The molecule has 0 aliphatic carbocycles. The first-order valence-corrected chi connectivity index (χ1v) is 6.57. The Kier molecular flexibility index (Phi) is 4.65. The van der Waals surface area contributed by atoms with E-state index in [1.165, 1.54) is 11.3 Å². The zero-order valence-corrected chi connectivity index (χ0v) is 11.8. The average Bonchev–Trinajstić information content (AvgIpc) is 2.52. The van der Waals surface area contributed by atoms with E-state index in [9.17, 15) is 9.90 Å². The first-order chi connectivity index (χ1) is 7.82. The summed E-state index contributed by atoms with van der Waals surface area (Å²) in [6.45, 7) is 9.67. The van der Waals surface area contributed by atoms with Gasteiger partial charge in [-0.1, -0.05) is 0 Å². The molecule has 0 aliphatic rings. The van der Waals surface area contributed by atoms with Gasteiger partial charge in [0.05, 0.1) is 16.8 Å². The predicted octanol–water partition coefficient (Wildman–Crippen LogP) is 1.99. The summed E-state index contributed by atoms with van der Waals surface area (Å²) >= 11 is 1.41. The Morgan fingerprint density at radius 2 is 2.00 bits per heavy atom. The Hall–Kier alpha value is -0.940. The molecule has 96 valence electrons. The SMILES string of the molecule is Cc1nc(C)c(C(=O)N(CC(C)O)C(C)C)s1. The number of aliphatic hydroxyl groups is 1. The van der Waals surface area contributed by atoms with Gasteiger partial charge in [-0.15, -0.1) is 11.3 Å². The maximum absolute atomic E-state index is 12.3. The summed E-state index contributed by atoms with van der Waals surface area (Å²) in [6.07, 6.45) is -0.518. The maximum Gasteiger partial charge on any atom is 0.266 e. The van der Waals surface area contributed by atoms with E-state index in [2.05, 4.69) is 4.98 Å². The zero-order chi connectivity index (χ0) is 13.2. The van der Waals surface area contributed by atoms with Crippen LogP contribution >= 0.6 is 11.3 Å². The van der Waals surface area contributed by atoms with Crippen LogP contribution in [0, 0.1) is 13.8 Å². The molecular weight excluding hydrogens is 236 g/mol. The Bertz CT molecular complexity index is 399. The van der Waals surface area contributed by atoms with Crippen molar-refractivity contribution in [3.63, 3.8) is 0 Å². The van der Waals surface area contributed by atoms with Gasteiger partial charge in [0.15, 0.2) is 0 Å². The number of hydrogen-bond donors (Lipinski definition) is 1. The van der Waals surface area contributed by atoms with E-state index in [0.29, 0.717) is 11.4 Å². The molecule has 1 unspecified atom stereocenters. The summed E-state index contributed by atoms with van der Waals surface area (Å²) in [5.74, 6) is -0.0380. The summed E-state index contributed by atoms with van der Waals surface area (Å²) in [7, 11) is 0. The molecule has 1 atom stereocenters. The molecule has 0 radical (unpaired) electrons. The van der Waals surface area contributed by atoms with E-state index < -0.39 is 6.10 Å². The first-order valence-electron chi connectivity index (χ1n) is 5.76. The molecule has 0 fully saturated rings. The Balaban J connectivity index is 2.95. The third-order valence-corrected chi connectivity index (χ3v) is 3.50. The molecule has 0 aromatic carbocycles. The van der Waals surface area contributed by atoms with Gasteiger partial charge >= 0.3 is 0 Å². The van der Waals surface area contributed by atoms with E-state index in [0.717, 1.165) is 10.7 Å². The minimum absolute atomic E-state index is 0.0380. The molecule has 1 aromatic heterocycles. The first kappa shape index (κ1) is 14.1. The van der Waals surface area contributed by atoms with Gasteiger partial charge in [-0.25, -0.2) is 4.98 Å². The van der Waals surface area contributed by atoms with Crippen molar-refractivity contribution in [1.29, 1.82) is 0 Å². The van der Waals surface area contributed by atoms with Crippen molar-refractivity contribution < 1.29 is 9.90 Å². The molecular formula is C12H20N2O2S. The molecule has 0 aliphatic heterocycles. The Labute approximate surface area is 106 Å². The molecule has 1 amide bonds. The van der Waals surface area contributed by atoms with Crippen molar-refractivity contribution in [3.8, 4) is 0 Å². The minimum Gasteiger partial charge on any atom is -0.392 e. The van der Waals surface area contributed by atoms with Crippen LogP contribution in [0.5, 0.6) is 0 Å². The third-order valence-electron chi connectivity index (χ3n) is 2.44. The Morgan fingerprint density at radius 3 is 2.35 bits per heavy atom. The Morgan fingerprint density at radius 1 is 1.41 bits per heavy atom. The van der Waals surface area contributed by atoms with Crippen LogP contribution in [0.2, 0.25) is 0 Å². The number of carbonyl (C=O) groups is 1. The van der Waals surface area contributed by atoms with Gasteiger partial charge in [-0.05, 0) is 34.6 Å². The second kappa shape index (κ2) is 5.60. The van der Waals surface area contributed by atoms with Crippen LogP contribution < -0.4 is 0 Å². The van der Waals surface area contributed by atoms with E-state index >= 15 is 0 Å². The van der Waals surface area contributed by atoms with Crippen molar-refractivity contribution >= 4 is 17.2 Å². The molecule has 1 aromatic rings. The van der Waals surface area contributed by atoms with Crippen LogP contribution in [-0.2, 0) is 0 Å². The lowest BCUT2D eigenvalue weighted by Crippen LogP contribution is -2.41. The summed E-state index contributed by atoms with van der Waals surface area (Å²) in [5.41, 5.74) is 0.772. The molecule has 0 saturated heterocycles. The van der Waals surface area contributed by atoms with E-state index in [1.807, 2.05) is 27.7 Å². The van der Waals surface area contributed by atoms with Crippen LogP contribution in [0.4, 0.5) is 0 Å². The number of aliphatic hydroxyl groups excluding tert-OH is 1. The molecule has 0 bridgehead atoms. The van der Waals surface area contributed by atoms with Crippen molar-refractivity contribution in [2.75, 3.05) is 6.54 Å². The summed E-state index contributed by atoms with van der Waals surface area (Å²) in [6, 6.07) is 0.0684. The fourth-order valence-corrected chi connectivity index (χ4v) is 2.55. The molecule has 1 rings (SSSR count). The summed E-state index contributed by atoms with van der Waals surface area (Å²) in [5, 5.41) is 10.3. The van der Waals surface area contributed by atoms with Crippen molar-refractivity contribution in [2.24, 2.45) is 0 Å². The number of rotatable bonds is 4. The van der Waals surface area contributed by atoms with Crippen LogP contribution in [-0.4, -0.2) is 39.6 Å². The van der Waals surface area contributed by atoms with Gasteiger partial charge in [0.1, 0.15) is 4.88 Å². The highest BCUT2D eigenvalue weighted by molar-refractivity contribution is 7.13. The van der Waals surface area contributed by atoms with Crippen molar-refractivity contribution in [1.82, 2.24) is 9.88 Å². The monoisotopic (exact) mass is 256 g/mol. The zero-order valence-electron chi connectivity index (χ0n) is 11.0. The number of aryl methyl sites for hydroxylation is 2. The lowest BCUT2D eigenvalue weighted by Gasteiger charge is -2.27. The average molecular weight is 256 g/mol. The van der Waals surface area contributed by atoms with Crippen LogP contribution in [0.25, 0.3) is 0 Å². The molecule has 17 heavy (non-hydrogen) atoms. The molecule has 1 N–H and O–H groups in total. The molecule has 0 saturated carbocycles.